The Hall–Kier alpha value is -1.96. The van der Waals surface area contributed by atoms with Crippen LogP contribution in [0.4, 0.5) is 10.1 Å². The average Bonchev–Trinajstić information content (AvgIpc) is 2.63. The van der Waals surface area contributed by atoms with E-state index >= 15 is 0 Å². The molecule has 0 saturated heterocycles. The van der Waals surface area contributed by atoms with E-state index < -0.39 is 21.7 Å². The van der Waals surface area contributed by atoms with Crippen molar-refractivity contribution < 1.29 is 17.6 Å². The van der Waals surface area contributed by atoms with Gasteiger partial charge in [0, 0.05) is 23.2 Å². The molecule has 0 bridgehead atoms. The fraction of sp³-hybridized carbons (Fsp3) is 0.316. The van der Waals surface area contributed by atoms with E-state index in [1.54, 1.807) is 13.8 Å². The molecule has 0 saturated carbocycles. The van der Waals surface area contributed by atoms with Crippen LogP contribution in [0.5, 0.6) is 0 Å². The lowest BCUT2D eigenvalue weighted by atomic mass is 10.00. The summed E-state index contributed by atoms with van der Waals surface area (Å²) >= 11 is 6.17. The highest BCUT2D eigenvalue weighted by Crippen LogP contribution is 2.36. The summed E-state index contributed by atoms with van der Waals surface area (Å²) in [6.07, 6.45) is 1.23. The van der Waals surface area contributed by atoms with Gasteiger partial charge in [-0.15, -0.1) is 0 Å². The minimum Gasteiger partial charge on any atom is -0.305 e. The number of amides is 1. The van der Waals surface area contributed by atoms with Crippen LogP contribution >= 0.6 is 11.6 Å². The molecule has 0 fully saturated rings. The van der Waals surface area contributed by atoms with E-state index in [9.17, 15) is 17.6 Å². The number of fused-ring (bicyclic) bond motifs is 1. The van der Waals surface area contributed by atoms with Gasteiger partial charge in [-0.25, -0.2) is 17.5 Å². The lowest BCUT2D eigenvalue weighted by Crippen LogP contribution is -2.36. The third-order valence-electron chi connectivity index (χ3n) is 4.28. The summed E-state index contributed by atoms with van der Waals surface area (Å²) in [5.41, 5.74) is 0.947. The van der Waals surface area contributed by atoms with Crippen molar-refractivity contribution in [1.29, 1.82) is 0 Å². The average molecular weight is 411 g/mol. The number of rotatable bonds is 4. The Morgan fingerprint density at radius 2 is 2.00 bits per heavy atom. The first kappa shape index (κ1) is 19.8. The molecular weight excluding hydrogens is 391 g/mol. The normalized spacial score (nSPS) is 14.3. The molecule has 2 aromatic carbocycles. The summed E-state index contributed by atoms with van der Waals surface area (Å²) in [6.45, 7) is 3.76. The number of carbonyl (C=O) groups excluding carboxylic acids is 1. The van der Waals surface area contributed by atoms with Crippen molar-refractivity contribution in [1.82, 2.24) is 4.72 Å². The number of nitrogens with zero attached hydrogens (tertiary/aromatic N) is 1. The van der Waals surface area contributed by atoms with E-state index in [1.165, 1.54) is 41.3 Å². The molecule has 1 amide bonds. The molecule has 8 heteroatoms. The predicted octanol–water partition coefficient (Wildman–Crippen LogP) is 3.76. The minimum absolute atomic E-state index is 0.00847. The number of anilines is 1. The van der Waals surface area contributed by atoms with Gasteiger partial charge in [-0.3, -0.25) is 4.79 Å². The second kappa shape index (κ2) is 7.58. The number of nitrogens with one attached hydrogen (secondary N) is 1. The molecule has 0 aliphatic carbocycles. The third kappa shape index (κ3) is 4.00. The van der Waals surface area contributed by atoms with Crippen LogP contribution in [0, 0.1) is 5.82 Å². The maximum atomic E-state index is 14.4. The SMILES string of the molecule is CC(C)NS(=O)(=O)c1cccc(C(=O)N2CCCc3c(Cl)ccc(F)c32)c1. The van der Waals surface area contributed by atoms with Crippen LogP contribution in [0.3, 0.4) is 0 Å². The molecule has 1 aliphatic heterocycles. The van der Waals surface area contributed by atoms with E-state index in [-0.39, 0.29) is 22.2 Å². The molecule has 1 N–H and O–H groups in total. The molecule has 3 rings (SSSR count). The van der Waals surface area contributed by atoms with E-state index in [1.807, 2.05) is 0 Å². The lowest BCUT2D eigenvalue weighted by molar-refractivity contribution is 0.0984. The number of benzene rings is 2. The van der Waals surface area contributed by atoms with Crippen LogP contribution in [-0.4, -0.2) is 26.9 Å². The second-order valence-electron chi connectivity index (χ2n) is 6.72. The fourth-order valence-corrected chi connectivity index (χ4v) is 4.72. The molecule has 5 nitrogen and oxygen atoms in total. The maximum Gasteiger partial charge on any atom is 0.258 e. The topological polar surface area (TPSA) is 66.5 Å². The summed E-state index contributed by atoms with van der Waals surface area (Å²) in [5.74, 6) is -0.980. The number of carbonyl (C=O) groups is 1. The molecule has 0 aromatic heterocycles. The van der Waals surface area contributed by atoms with Crippen LogP contribution in [0.15, 0.2) is 41.3 Å². The highest BCUT2D eigenvalue weighted by atomic mass is 35.5. The molecule has 0 unspecified atom stereocenters. The maximum absolute atomic E-state index is 14.4. The van der Waals surface area contributed by atoms with Crippen LogP contribution in [0.2, 0.25) is 5.02 Å². The number of sulfonamides is 1. The van der Waals surface area contributed by atoms with Gasteiger partial charge in [0.05, 0.1) is 10.6 Å². The van der Waals surface area contributed by atoms with Crippen LogP contribution in [0.25, 0.3) is 0 Å². The van der Waals surface area contributed by atoms with Crippen molar-refractivity contribution in [3.63, 3.8) is 0 Å². The Bertz CT molecular complexity index is 992. The van der Waals surface area contributed by atoms with E-state index in [0.717, 1.165) is 0 Å². The standard InChI is InChI=1S/C19H20ClFN2O3S/c1-12(2)22-27(25,26)14-6-3-5-13(11-14)19(24)23-10-4-7-15-16(20)8-9-17(21)18(15)23/h3,5-6,8-9,11-12,22H,4,7,10H2,1-2H3. The molecule has 0 spiro atoms. The van der Waals surface area contributed by atoms with Gasteiger partial charge in [0.2, 0.25) is 10.0 Å². The first-order valence-electron chi connectivity index (χ1n) is 8.62. The molecule has 27 heavy (non-hydrogen) atoms. The van der Waals surface area contributed by atoms with Crippen molar-refractivity contribution in [3.05, 3.63) is 58.4 Å². The Morgan fingerprint density at radius 3 is 2.70 bits per heavy atom. The van der Waals surface area contributed by atoms with Crippen molar-refractivity contribution in [3.8, 4) is 0 Å². The molecule has 1 heterocycles. The highest BCUT2D eigenvalue weighted by molar-refractivity contribution is 7.89. The van der Waals surface area contributed by atoms with E-state index in [0.29, 0.717) is 30.0 Å². The van der Waals surface area contributed by atoms with Gasteiger partial charge in [0.15, 0.2) is 0 Å². The Kier molecular flexibility index (Phi) is 5.55. The fourth-order valence-electron chi connectivity index (χ4n) is 3.17. The summed E-state index contributed by atoms with van der Waals surface area (Å²) in [5, 5.41) is 0.418. The van der Waals surface area contributed by atoms with Gasteiger partial charge >= 0.3 is 0 Å². The predicted molar refractivity (Wildman–Crippen MR) is 103 cm³/mol. The molecule has 0 radical (unpaired) electrons. The monoisotopic (exact) mass is 410 g/mol. The van der Waals surface area contributed by atoms with Crippen molar-refractivity contribution in [2.75, 3.05) is 11.4 Å². The zero-order valence-corrected chi connectivity index (χ0v) is 16.6. The molecule has 2 aromatic rings. The molecule has 144 valence electrons. The zero-order chi connectivity index (χ0) is 19.8. The molecule has 1 aliphatic rings. The van der Waals surface area contributed by atoms with Crippen LogP contribution < -0.4 is 9.62 Å². The third-order valence-corrected chi connectivity index (χ3v) is 6.29. The van der Waals surface area contributed by atoms with Crippen molar-refractivity contribution in [2.24, 2.45) is 0 Å². The number of halogens is 2. The summed E-state index contributed by atoms with van der Waals surface area (Å²) in [6, 6.07) is 8.19. The summed E-state index contributed by atoms with van der Waals surface area (Å²) < 4.78 is 41.7. The van der Waals surface area contributed by atoms with Gasteiger partial charge < -0.3 is 4.90 Å². The van der Waals surface area contributed by atoms with E-state index in [4.69, 9.17) is 11.6 Å². The first-order chi connectivity index (χ1) is 12.7. The number of hydrogen-bond acceptors (Lipinski definition) is 3. The Morgan fingerprint density at radius 1 is 1.26 bits per heavy atom. The van der Waals surface area contributed by atoms with Crippen LogP contribution in [-0.2, 0) is 16.4 Å². The van der Waals surface area contributed by atoms with Gasteiger partial charge in [0.1, 0.15) is 5.82 Å². The summed E-state index contributed by atoms with van der Waals surface area (Å²) in [4.78, 5) is 14.4. The van der Waals surface area contributed by atoms with Gasteiger partial charge in [-0.2, -0.15) is 0 Å². The smallest absolute Gasteiger partial charge is 0.258 e. The first-order valence-corrected chi connectivity index (χ1v) is 10.5. The Labute approximate surface area is 163 Å². The minimum atomic E-state index is -3.74. The molecule has 0 atom stereocenters. The van der Waals surface area contributed by atoms with E-state index in [2.05, 4.69) is 4.72 Å². The Balaban J connectivity index is 2.00. The van der Waals surface area contributed by atoms with Gasteiger partial charge in [-0.05, 0) is 62.6 Å². The number of hydrogen-bond donors (Lipinski definition) is 1. The van der Waals surface area contributed by atoms with Crippen molar-refractivity contribution in [2.45, 2.75) is 37.6 Å². The largest absolute Gasteiger partial charge is 0.305 e. The second-order valence-corrected chi connectivity index (χ2v) is 8.84. The van der Waals surface area contributed by atoms with Gasteiger partial charge in [0.25, 0.3) is 5.91 Å². The zero-order valence-electron chi connectivity index (χ0n) is 15.0. The quantitative estimate of drug-likeness (QED) is 0.834. The molecular formula is C19H20ClFN2O3S. The highest BCUT2D eigenvalue weighted by Gasteiger charge is 2.29. The van der Waals surface area contributed by atoms with Crippen LogP contribution in [0.1, 0.15) is 36.2 Å². The lowest BCUT2D eigenvalue weighted by Gasteiger charge is -2.30. The van der Waals surface area contributed by atoms with Gasteiger partial charge in [-0.1, -0.05) is 17.7 Å². The summed E-state index contributed by atoms with van der Waals surface area (Å²) in [7, 11) is -3.74. The van der Waals surface area contributed by atoms with Crippen molar-refractivity contribution >= 4 is 33.2 Å².